The molecule has 1 aliphatic rings. The van der Waals surface area contributed by atoms with Crippen molar-refractivity contribution in [2.75, 3.05) is 19.6 Å². The van der Waals surface area contributed by atoms with Gasteiger partial charge in [0.1, 0.15) is 17.3 Å². The zero-order valence-corrected chi connectivity index (χ0v) is 29.5. The fourth-order valence-electron chi connectivity index (χ4n) is 6.79. The highest BCUT2D eigenvalue weighted by molar-refractivity contribution is 5.98. The van der Waals surface area contributed by atoms with Gasteiger partial charge in [-0.1, -0.05) is 78.1 Å². The molecule has 4 N–H and O–H groups in total. The first-order valence-electron chi connectivity index (χ1n) is 17.6. The number of carbonyl (C=O) groups excluding carboxylic acids is 2. The second-order valence-electron chi connectivity index (χ2n) is 14.4. The second-order valence-corrected chi connectivity index (χ2v) is 14.4. The van der Waals surface area contributed by atoms with E-state index >= 15 is 0 Å². The monoisotopic (exact) mass is 678 g/mol. The number of rotatable bonds is 14. The van der Waals surface area contributed by atoms with Crippen molar-refractivity contribution in [3.05, 3.63) is 105 Å². The fourth-order valence-corrected chi connectivity index (χ4v) is 6.79. The van der Waals surface area contributed by atoms with Gasteiger partial charge in [0.2, 0.25) is 5.56 Å². The van der Waals surface area contributed by atoms with Gasteiger partial charge in [-0.2, -0.15) is 0 Å². The summed E-state index contributed by atoms with van der Waals surface area (Å²) in [7, 11) is 0. The molecule has 4 rings (SSSR count). The van der Waals surface area contributed by atoms with Crippen LogP contribution in [0.4, 0.5) is 8.78 Å². The molecule has 49 heavy (non-hydrogen) atoms. The number of hydrogen-bond donors (Lipinski definition) is 4. The standard InChI is InChI=1S/C39H52F2N4O4/c1-6-16-45(17-7-2)37(49)27-21-33(43-35(47)22-27)36(48)44-32(20-26-18-30(40)24-31(41)19-26)34(46)25-42-39(14-9-8-10-15-39)29-13-11-12-28(23-29)38(3,4)5/h11-13,18-19,21-24,32,34,42,46H,6-10,14-17,20,25H2,1-5H3,(H,43,47)(H,44,48)/t32-,34+/m0/s1. The summed E-state index contributed by atoms with van der Waals surface area (Å²) in [6, 6.07) is 13.1. The lowest BCUT2D eigenvalue weighted by molar-refractivity contribution is 0.0755. The largest absolute Gasteiger partial charge is 0.390 e. The van der Waals surface area contributed by atoms with Crippen LogP contribution in [-0.2, 0) is 17.4 Å². The quantitative estimate of drug-likeness (QED) is 0.158. The number of nitrogens with one attached hydrogen (secondary N) is 3. The van der Waals surface area contributed by atoms with Gasteiger partial charge in [0.05, 0.1) is 12.1 Å². The number of carbonyl (C=O) groups is 2. The Labute approximate surface area is 288 Å². The molecule has 10 heteroatoms. The molecule has 1 fully saturated rings. The number of pyridine rings is 1. The minimum atomic E-state index is -1.18. The highest BCUT2D eigenvalue weighted by Gasteiger charge is 2.36. The Hall–Kier alpha value is -3.89. The highest BCUT2D eigenvalue weighted by Crippen LogP contribution is 2.38. The van der Waals surface area contributed by atoms with Gasteiger partial charge in [0.25, 0.3) is 11.8 Å². The van der Waals surface area contributed by atoms with Crippen LogP contribution in [0.5, 0.6) is 0 Å². The molecule has 0 aliphatic heterocycles. The molecule has 8 nitrogen and oxygen atoms in total. The van der Waals surface area contributed by atoms with E-state index in [-0.39, 0.29) is 41.1 Å². The molecule has 1 heterocycles. The summed E-state index contributed by atoms with van der Waals surface area (Å²) in [4.78, 5) is 43.7. The summed E-state index contributed by atoms with van der Waals surface area (Å²) >= 11 is 0. The molecular weight excluding hydrogens is 626 g/mol. The number of hydrogen-bond acceptors (Lipinski definition) is 5. The van der Waals surface area contributed by atoms with E-state index < -0.39 is 40.8 Å². The highest BCUT2D eigenvalue weighted by atomic mass is 19.1. The van der Waals surface area contributed by atoms with Gasteiger partial charge in [-0.15, -0.1) is 0 Å². The summed E-state index contributed by atoms with van der Waals surface area (Å²) in [5, 5.41) is 18.1. The van der Waals surface area contributed by atoms with Gasteiger partial charge in [-0.25, -0.2) is 8.78 Å². The number of aliphatic hydroxyl groups is 1. The molecule has 0 saturated heterocycles. The first-order chi connectivity index (χ1) is 23.2. The Morgan fingerprint density at radius 1 is 0.959 bits per heavy atom. The number of amides is 2. The Bertz CT molecular complexity index is 1620. The van der Waals surface area contributed by atoms with Crippen LogP contribution in [0.2, 0.25) is 0 Å². The number of H-pyrrole nitrogens is 1. The van der Waals surface area contributed by atoms with Crippen LogP contribution in [0.1, 0.15) is 117 Å². The van der Waals surface area contributed by atoms with Gasteiger partial charge in [-0.3, -0.25) is 14.4 Å². The Kier molecular flexibility index (Phi) is 12.9. The minimum absolute atomic E-state index is 0.0475. The number of benzene rings is 2. The van der Waals surface area contributed by atoms with E-state index in [0.29, 0.717) is 13.1 Å². The van der Waals surface area contributed by atoms with Crippen molar-refractivity contribution in [3.63, 3.8) is 0 Å². The lowest BCUT2D eigenvalue weighted by Gasteiger charge is -2.41. The zero-order valence-electron chi connectivity index (χ0n) is 29.5. The molecular formula is C39H52F2N4O4. The SMILES string of the molecule is CCCN(CCC)C(=O)c1cc(C(=O)N[C@@H](Cc2cc(F)cc(F)c2)[C@H](O)CNC2(c3cccc(C(C)(C)C)c3)CCCCC2)[nH]c(=O)c1. The van der Waals surface area contributed by atoms with Crippen LogP contribution in [-0.4, -0.2) is 58.6 Å². The zero-order chi connectivity index (χ0) is 35.8. The molecule has 0 bridgehead atoms. The third-order valence-corrected chi connectivity index (χ3v) is 9.41. The molecule has 0 spiro atoms. The first kappa shape index (κ1) is 37.9. The molecule has 266 valence electrons. The summed E-state index contributed by atoms with van der Waals surface area (Å²) < 4.78 is 28.4. The van der Waals surface area contributed by atoms with E-state index in [1.807, 2.05) is 13.8 Å². The third kappa shape index (κ3) is 10.1. The van der Waals surface area contributed by atoms with Gasteiger partial charge < -0.3 is 25.6 Å². The topological polar surface area (TPSA) is 115 Å². The smallest absolute Gasteiger partial charge is 0.268 e. The van der Waals surface area contributed by atoms with Crippen molar-refractivity contribution in [2.45, 2.75) is 109 Å². The van der Waals surface area contributed by atoms with E-state index in [0.717, 1.165) is 56.6 Å². The summed E-state index contributed by atoms with van der Waals surface area (Å²) in [6.07, 6.45) is 5.09. The maximum atomic E-state index is 14.2. The average Bonchev–Trinajstić information content (AvgIpc) is 3.06. The van der Waals surface area contributed by atoms with Crippen LogP contribution in [0.3, 0.4) is 0 Å². The Morgan fingerprint density at radius 2 is 1.61 bits per heavy atom. The summed E-state index contributed by atoms with van der Waals surface area (Å²) in [5.41, 5.74) is 1.46. The second kappa shape index (κ2) is 16.7. The van der Waals surface area contributed by atoms with Crippen LogP contribution in [0.15, 0.2) is 59.4 Å². The fraction of sp³-hybridized carbons (Fsp3) is 0.513. The van der Waals surface area contributed by atoms with Crippen molar-refractivity contribution in [2.24, 2.45) is 0 Å². The molecule has 0 radical (unpaired) electrons. The molecule has 2 aromatic carbocycles. The van der Waals surface area contributed by atoms with E-state index in [4.69, 9.17) is 0 Å². The van der Waals surface area contributed by atoms with E-state index in [1.54, 1.807) is 4.90 Å². The van der Waals surface area contributed by atoms with Crippen LogP contribution in [0.25, 0.3) is 0 Å². The van der Waals surface area contributed by atoms with E-state index in [2.05, 4.69) is 60.7 Å². The molecule has 1 aliphatic carbocycles. The van der Waals surface area contributed by atoms with Gasteiger partial charge in [-0.05, 0) is 72.4 Å². The van der Waals surface area contributed by atoms with E-state index in [1.165, 1.54) is 29.8 Å². The lowest BCUT2D eigenvalue weighted by Crippen LogP contribution is -2.53. The van der Waals surface area contributed by atoms with Crippen molar-refractivity contribution >= 4 is 11.8 Å². The predicted molar refractivity (Wildman–Crippen MR) is 189 cm³/mol. The molecule has 1 aromatic heterocycles. The number of aliphatic hydroxyl groups excluding tert-OH is 1. The predicted octanol–water partition coefficient (Wildman–Crippen LogP) is 6.36. The van der Waals surface area contributed by atoms with Gasteiger partial charge in [0.15, 0.2) is 0 Å². The van der Waals surface area contributed by atoms with Crippen LogP contribution in [0, 0.1) is 11.6 Å². The molecule has 0 unspecified atom stereocenters. The van der Waals surface area contributed by atoms with Crippen molar-refractivity contribution in [1.82, 2.24) is 20.5 Å². The number of nitrogens with zero attached hydrogens (tertiary/aromatic N) is 1. The number of aromatic nitrogens is 1. The molecule has 3 aromatic rings. The van der Waals surface area contributed by atoms with Crippen LogP contribution >= 0.6 is 0 Å². The summed E-state index contributed by atoms with van der Waals surface area (Å²) in [5.74, 6) is -2.62. The van der Waals surface area contributed by atoms with E-state index in [9.17, 15) is 28.3 Å². The Morgan fingerprint density at radius 3 is 2.22 bits per heavy atom. The Balaban J connectivity index is 1.62. The van der Waals surface area contributed by atoms with Crippen molar-refractivity contribution in [1.29, 1.82) is 0 Å². The van der Waals surface area contributed by atoms with Crippen molar-refractivity contribution < 1.29 is 23.5 Å². The molecule has 1 saturated carbocycles. The number of aromatic amines is 1. The molecule has 2 amide bonds. The third-order valence-electron chi connectivity index (χ3n) is 9.41. The molecule has 2 atom stereocenters. The summed E-state index contributed by atoms with van der Waals surface area (Å²) in [6.45, 7) is 11.5. The van der Waals surface area contributed by atoms with Gasteiger partial charge in [0, 0.05) is 42.9 Å². The van der Waals surface area contributed by atoms with Crippen LogP contribution < -0.4 is 16.2 Å². The lowest BCUT2D eigenvalue weighted by atomic mass is 9.74. The average molecular weight is 679 g/mol. The number of halogens is 2. The normalized spacial score (nSPS) is 15.8. The van der Waals surface area contributed by atoms with Gasteiger partial charge >= 0.3 is 0 Å². The van der Waals surface area contributed by atoms with Crippen molar-refractivity contribution in [3.8, 4) is 0 Å². The first-order valence-corrected chi connectivity index (χ1v) is 17.6. The minimum Gasteiger partial charge on any atom is -0.390 e. The maximum absolute atomic E-state index is 14.2. The maximum Gasteiger partial charge on any atom is 0.268 e.